The zero-order chi connectivity index (χ0) is 10.4. The summed E-state index contributed by atoms with van der Waals surface area (Å²) in [5.41, 5.74) is -1.24. The zero-order valence-corrected chi connectivity index (χ0v) is 7.68. The van der Waals surface area contributed by atoms with Crippen LogP contribution < -0.4 is 0 Å². The summed E-state index contributed by atoms with van der Waals surface area (Å²) in [7, 11) is 0. The van der Waals surface area contributed by atoms with Gasteiger partial charge < -0.3 is 9.53 Å². The first-order chi connectivity index (χ1) is 6.75. The molecule has 0 aliphatic carbocycles. The number of esters is 1. The third-order valence-corrected chi connectivity index (χ3v) is 1.86. The van der Waals surface area contributed by atoms with Crippen molar-refractivity contribution in [1.29, 1.82) is 0 Å². The highest BCUT2D eigenvalue weighted by atomic mass is 16.5. The zero-order valence-electron chi connectivity index (χ0n) is 7.68. The summed E-state index contributed by atoms with van der Waals surface area (Å²) < 4.78 is 4.81. The molecule has 0 amide bonds. The second kappa shape index (κ2) is 4.50. The van der Waals surface area contributed by atoms with Crippen molar-refractivity contribution in [2.45, 2.75) is 0 Å². The number of rotatable bonds is 4. The highest BCUT2D eigenvalue weighted by Crippen LogP contribution is 2.21. The van der Waals surface area contributed by atoms with E-state index in [0.29, 0.717) is 6.29 Å². The molecule has 0 fully saturated rings. The van der Waals surface area contributed by atoms with Gasteiger partial charge in [-0.15, -0.1) is 0 Å². The molecule has 1 aliphatic heterocycles. The Morgan fingerprint density at radius 3 is 3.00 bits per heavy atom. The highest BCUT2D eigenvalue weighted by Gasteiger charge is 2.38. The van der Waals surface area contributed by atoms with Gasteiger partial charge in [-0.1, -0.05) is 18.7 Å². The van der Waals surface area contributed by atoms with Crippen molar-refractivity contribution in [2.75, 3.05) is 13.2 Å². The summed E-state index contributed by atoms with van der Waals surface area (Å²) in [5.74, 6) is -0.583. The first-order valence-electron chi connectivity index (χ1n) is 4.17. The minimum absolute atomic E-state index is 0.103. The predicted molar refractivity (Wildman–Crippen MR) is 52.2 cm³/mol. The molecule has 1 unspecified atom stereocenters. The van der Waals surface area contributed by atoms with Gasteiger partial charge in [-0.25, -0.2) is 0 Å². The molecule has 0 spiro atoms. The topological polar surface area (TPSA) is 55.7 Å². The highest BCUT2D eigenvalue weighted by molar-refractivity contribution is 5.98. The van der Waals surface area contributed by atoms with Gasteiger partial charge >= 0.3 is 5.97 Å². The molecule has 0 saturated carbocycles. The molecule has 74 valence electrons. The lowest BCUT2D eigenvalue weighted by Gasteiger charge is -2.21. The van der Waals surface area contributed by atoms with Crippen LogP contribution in [0, 0.1) is 5.41 Å². The van der Waals surface area contributed by atoms with Gasteiger partial charge in [0.05, 0.1) is 6.54 Å². The molecule has 1 rings (SSSR count). The number of carbonyl (C=O) groups excluding carboxylic acids is 2. The fourth-order valence-electron chi connectivity index (χ4n) is 1.06. The SMILES string of the molecule is C=CCOC(=O)C1(C=O)C=CC=NC1. The Hall–Kier alpha value is -1.71. The van der Waals surface area contributed by atoms with E-state index in [9.17, 15) is 9.59 Å². The number of dihydropyridines is 1. The molecular weight excluding hydrogens is 182 g/mol. The van der Waals surface area contributed by atoms with Crippen LogP contribution in [0.5, 0.6) is 0 Å². The van der Waals surface area contributed by atoms with Crippen molar-refractivity contribution in [3.63, 3.8) is 0 Å². The van der Waals surface area contributed by atoms with Gasteiger partial charge in [0.2, 0.25) is 0 Å². The normalized spacial score (nSPS) is 24.3. The van der Waals surface area contributed by atoms with Gasteiger partial charge in [0.25, 0.3) is 0 Å². The Labute approximate surface area is 82.0 Å². The molecule has 0 bridgehead atoms. The fraction of sp³-hybridized carbons (Fsp3) is 0.300. The Morgan fingerprint density at radius 1 is 1.71 bits per heavy atom. The molecule has 0 saturated heterocycles. The van der Waals surface area contributed by atoms with Gasteiger partial charge in [-0.05, 0) is 6.08 Å². The number of ether oxygens (including phenoxy) is 1. The van der Waals surface area contributed by atoms with Crippen molar-refractivity contribution >= 4 is 18.5 Å². The smallest absolute Gasteiger partial charge is 0.325 e. The second-order valence-electron chi connectivity index (χ2n) is 2.89. The first-order valence-corrected chi connectivity index (χ1v) is 4.17. The van der Waals surface area contributed by atoms with E-state index in [1.54, 1.807) is 12.3 Å². The van der Waals surface area contributed by atoms with Crippen molar-refractivity contribution < 1.29 is 14.3 Å². The molecule has 4 nitrogen and oxygen atoms in total. The average molecular weight is 193 g/mol. The number of hydrogen-bond donors (Lipinski definition) is 0. The monoisotopic (exact) mass is 193 g/mol. The van der Waals surface area contributed by atoms with Crippen LogP contribution in [-0.4, -0.2) is 31.6 Å². The molecule has 1 atom stereocenters. The van der Waals surface area contributed by atoms with Gasteiger partial charge in [0, 0.05) is 6.21 Å². The third kappa shape index (κ3) is 1.96. The summed E-state index contributed by atoms with van der Waals surface area (Å²) in [5, 5.41) is 0. The van der Waals surface area contributed by atoms with Gasteiger partial charge in [0.15, 0.2) is 5.41 Å². The summed E-state index contributed by atoms with van der Waals surface area (Å²) >= 11 is 0. The predicted octanol–water partition coefficient (Wildman–Crippen LogP) is 0.541. The Bertz CT molecular complexity index is 306. The third-order valence-electron chi connectivity index (χ3n) is 1.86. The first kappa shape index (κ1) is 10.4. The summed E-state index contributed by atoms with van der Waals surface area (Å²) in [6, 6.07) is 0. The summed E-state index contributed by atoms with van der Waals surface area (Å²) in [6.45, 7) is 3.63. The summed E-state index contributed by atoms with van der Waals surface area (Å²) in [4.78, 5) is 26.2. The molecule has 0 aromatic rings. The van der Waals surface area contributed by atoms with Crippen molar-refractivity contribution in [2.24, 2.45) is 10.4 Å². The molecule has 0 N–H and O–H groups in total. The van der Waals surface area contributed by atoms with Crippen molar-refractivity contribution in [3.05, 3.63) is 24.8 Å². The van der Waals surface area contributed by atoms with E-state index in [1.165, 1.54) is 12.2 Å². The van der Waals surface area contributed by atoms with E-state index < -0.39 is 11.4 Å². The maximum Gasteiger partial charge on any atom is 0.325 e. The van der Waals surface area contributed by atoms with E-state index in [0.717, 1.165) is 0 Å². The van der Waals surface area contributed by atoms with E-state index in [2.05, 4.69) is 11.6 Å². The molecule has 4 heteroatoms. The minimum Gasteiger partial charge on any atom is -0.460 e. The molecule has 0 radical (unpaired) electrons. The molecule has 1 heterocycles. The molecule has 14 heavy (non-hydrogen) atoms. The molecular formula is C10H11NO3. The number of allylic oxidation sites excluding steroid dienone is 1. The van der Waals surface area contributed by atoms with Crippen molar-refractivity contribution in [1.82, 2.24) is 0 Å². The average Bonchev–Trinajstić information content (AvgIpc) is 2.26. The van der Waals surface area contributed by atoms with Crippen LogP contribution in [0.2, 0.25) is 0 Å². The standard InChI is InChI=1S/C10H11NO3/c1-2-6-14-9(13)10(8-12)4-3-5-11-7-10/h2-5,8H,1,6-7H2. The molecule has 1 aliphatic rings. The maximum absolute atomic E-state index is 11.5. The van der Waals surface area contributed by atoms with Gasteiger partial charge in [0.1, 0.15) is 12.9 Å². The lowest BCUT2D eigenvalue weighted by molar-refractivity contribution is -0.152. The van der Waals surface area contributed by atoms with Crippen LogP contribution in [0.4, 0.5) is 0 Å². The number of carbonyl (C=O) groups is 2. The molecule has 0 aromatic carbocycles. The second-order valence-corrected chi connectivity index (χ2v) is 2.89. The summed E-state index contributed by atoms with van der Waals surface area (Å²) in [6.07, 6.45) is 6.62. The Morgan fingerprint density at radius 2 is 2.50 bits per heavy atom. The quantitative estimate of drug-likeness (QED) is 0.283. The van der Waals surface area contributed by atoms with Gasteiger partial charge in [-0.2, -0.15) is 0 Å². The van der Waals surface area contributed by atoms with Crippen LogP contribution in [0.25, 0.3) is 0 Å². The number of aldehydes is 1. The van der Waals surface area contributed by atoms with Crippen LogP contribution >= 0.6 is 0 Å². The van der Waals surface area contributed by atoms with E-state index in [4.69, 9.17) is 4.74 Å². The van der Waals surface area contributed by atoms with Crippen LogP contribution in [0.1, 0.15) is 0 Å². The van der Waals surface area contributed by atoms with Crippen LogP contribution in [-0.2, 0) is 14.3 Å². The van der Waals surface area contributed by atoms with E-state index in [-0.39, 0.29) is 13.2 Å². The lowest BCUT2D eigenvalue weighted by atomic mass is 9.88. The lowest BCUT2D eigenvalue weighted by Crippen LogP contribution is -2.37. The Kier molecular flexibility index (Phi) is 3.34. The van der Waals surface area contributed by atoms with Crippen LogP contribution in [0.15, 0.2) is 29.8 Å². The maximum atomic E-state index is 11.5. The largest absolute Gasteiger partial charge is 0.460 e. The number of hydrogen-bond acceptors (Lipinski definition) is 4. The number of aliphatic imine (C=N–C) groups is 1. The van der Waals surface area contributed by atoms with Crippen molar-refractivity contribution in [3.8, 4) is 0 Å². The Balaban J connectivity index is 2.74. The minimum atomic E-state index is -1.24. The van der Waals surface area contributed by atoms with E-state index in [1.807, 2.05) is 0 Å². The fourth-order valence-corrected chi connectivity index (χ4v) is 1.06. The van der Waals surface area contributed by atoms with E-state index >= 15 is 0 Å². The number of nitrogens with zero attached hydrogens (tertiary/aromatic N) is 1. The molecule has 0 aromatic heterocycles. The van der Waals surface area contributed by atoms with Gasteiger partial charge in [-0.3, -0.25) is 9.79 Å². The van der Waals surface area contributed by atoms with Crippen LogP contribution in [0.3, 0.4) is 0 Å².